The monoisotopic (exact) mass is 141 g/mol. The van der Waals surface area contributed by atoms with Gasteiger partial charge in [-0.3, -0.25) is 0 Å². The van der Waals surface area contributed by atoms with Crippen molar-refractivity contribution in [3.63, 3.8) is 0 Å². The average Bonchev–Trinajstić information content (AvgIpc) is 1.82. The van der Waals surface area contributed by atoms with E-state index in [1.807, 2.05) is 6.92 Å². The first-order valence-electron chi connectivity index (χ1n) is 3.30. The van der Waals surface area contributed by atoms with Crippen molar-refractivity contribution in [1.29, 1.82) is 0 Å². The van der Waals surface area contributed by atoms with Crippen LogP contribution in [0.2, 0.25) is 0 Å². The van der Waals surface area contributed by atoms with Crippen LogP contribution in [0.1, 0.15) is 13.8 Å². The fraction of sp³-hybridized carbons (Fsp3) is 0.500. The molecule has 2 heteroatoms. The van der Waals surface area contributed by atoms with E-state index in [1.165, 1.54) is 0 Å². The summed E-state index contributed by atoms with van der Waals surface area (Å²) in [6.45, 7) is 11.5. The van der Waals surface area contributed by atoms with Crippen molar-refractivity contribution < 1.29 is 5.11 Å². The van der Waals surface area contributed by atoms with E-state index < -0.39 is 0 Å². The van der Waals surface area contributed by atoms with E-state index in [0.29, 0.717) is 6.54 Å². The molecule has 0 saturated carbocycles. The van der Waals surface area contributed by atoms with Gasteiger partial charge in [0.2, 0.25) is 0 Å². The summed E-state index contributed by atoms with van der Waals surface area (Å²) >= 11 is 0. The predicted molar refractivity (Wildman–Crippen MR) is 43.6 cm³/mol. The molecule has 0 saturated heterocycles. The molecule has 2 nitrogen and oxygen atoms in total. The van der Waals surface area contributed by atoms with Gasteiger partial charge in [-0.15, -0.1) is 0 Å². The predicted octanol–water partition coefficient (Wildman–Crippen LogP) is 1.05. The highest BCUT2D eigenvalue weighted by molar-refractivity contribution is 5.20. The number of allylic oxidation sites excluding steroid dienone is 1. The number of hydrogen-bond acceptors (Lipinski definition) is 2. The first-order chi connectivity index (χ1) is 4.54. The summed E-state index contributed by atoms with van der Waals surface area (Å²) in [6.07, 6.45) is -0.337. The molecule has 0 aliphatic rings. The lowest BCUT2D eigenvalue weighted by molar-refractivity contribution is 0.195. The molecule has 58 valence electrons. The Hall–Kier alpha value is -0.760. The number of aliphatic hydroxyl groups excluding tert-OH is 1. The van der Waals surface area contributed by atoms with Crippen molar-refractivity contribution in [2.24, 2.45) is 0 Å². The number of hydrogen-bond donors (Lipinski definition) is 2. The minimum Gasteiger partial charge on any atom is -0.392 e. The Morgan fingerprint density at radius 1 is 1.60 bits per heavy atom. The van der Waals surface area contributed by atoms with Gasteiger partial charge in [0.05, 0.1) is 6.10 Å². The molecule has 0 aromatic carbocycles. The summed E-state index contributed by atoms with van der Waals surface area (Å²) in [4.78, 5) is 0. The lowest BCUT2D eigenvalue weighted by Crippen LogP contribution is -2.23. The van der Waals surface area contributed by atoms with Gasteiger partial charge in [0.15, 0.2) is 0 Å². The summed E-state index contributed by atoms with van der Waals surface area (Å²) in [5, 5.41) is 11.8. The molecule has 10 heavy (non-hydrogen) atoms. The Balaban J connectivity index is 3.50. The Kier molecular flexibility index (Phi) is 3.81. The molecule has 0 bridgehead atoms. The van der Waals surface area contributed by atoms with Crippen LogP contribution in [-0.2, 0) is 0 Å². The molecule has 0 aromatic rings. The van der Waals surface area contributed by atoms with Crippen molar-refractivity contribution >= 4 is 0 Å². The third-order valence-electron chi connectivity index (χ3n) is 1.13. The lowest BCUT2D eigenvalue weighted by Gasteiger charge is -2.09. The minimum absolute atomic E-state index is 0.337. The van der Waals surface area contributed by atoms with Crippen molar-refractivity contribution in [3.8, 4) is 0 Å². The van der Waals surface area contributed by atoms with Gasteiger partial charge in [0.1, 0.15) is 0 Å². The summed E-state index contributed by atoms with van der Waals surface area (Å²) in [7, 11) is 0. The molecule has 0 aliphatic carbocycles. The quantitative estimate of drug-likeness (QED) is 0.573. The molecule has 0 heterocycles. The Morgan fingerprint density at radius 2 is 2.10 bits per heavy atom. The van der Waals surface area contributed by atoms with Crippen LogP contribution < -0.4 is 5.32 Å². The van der Waals surface area contributed by atoms with E-state index >= 15 is 0 Å². The number of nitrogens with one attached hydrogen (secondary N) is 1. The van der Waals surface area contributed by atoms with Crippen LogP contribution in [-0.4, -0.2) is 17.8 Å². The zero-order chi connectivity index (χ0) is 8.15. The average molecular weight is 141 g/mol. The molecule has 0 aromatic heterocycles. The van der Waals surface area contributed by atoms with Gasteiger partial charge in [-0.05, 0) is 19.4 Å². The topological polar surface area (TPSA) is 32.3 Å². The molecule has 2 N–H and O–H groups in total. The van der Waals surface area contributed by atoms with Crippen LogP contribution in [0, 0.1) is 0 Å². The maximum absolute atomic E-state index is 8.85. The second-order valence-corrected chi connectivity index (χ2v) is 2.49. The second kappa shape index (κ2) is 4.12. The van der Waals surface area contributed by atoms with Gasteiger partial charge < -0.3 is 10.4 Å². The van der Waals surface area contributed by atoms with Crippen molar-refractivity contribution in [2.75, 3.05) is 6.54 Å². The third-order valence-corrected chi connectivity index (χ3v) is 1.13. The van der Waals surface area contributed by atoms with Gasteiger partial charge >= 0.3 is 0 Å². The molecule has 0 aliphatic heterocycles. The summed E-state index contributed by atoms with van der Waals surface area (Å²) in [6, 6.07) is 0. The van der Waals surface area contributed by atoms with Gasteiger partial charge in [0, 0.05) is 12.2 Å². The summed E-state index contributed by atoms with van der Waals surface area (Å²) in [5.41, 5.74) is 1.70. The van der Waals surface area contributed by atoms with Crippen molar-refractivity contribution in [3.05, 3.63) is 24.4 Å². The molecular formula is C8H15NO. The fourth-order valence-electron chi connectivity index (χ4n) is 0.422. The van der Waals surface area contributed by atoms with Crippen LogP contribution in [0.25, 0.3) is 0 Å². The lowest BCUT2D eigenvalue weighted by atomic mass is 10.2. The van der Waals surface area contributed by atoms with Gasteiger partial charge in [-0.2, -0.15) is 0 Å². The number of aliphatic hydroxyl groups is 1. The van der Waals surface area contributed by atoms with E-state index in [-0.39, 0.29) is 6.10 Å². The van der Waals surface area contributed by atoms with E-state index in [4.69, 9.17) is 5.11 Å². The van der Waals surface area contributed by atoms with E-state index in [2.05, 4.69) is 18.5 Å². The SMILES string of the molecule is C=C(C)C(=C)NCC(C)O. The van der Waals surface area contributed by atoms with Gasteiger partial charge in [-0.1, -0.05) is 13.2 Å². The molecule has 0 rings (SSSR count). The first-order valence-corrected chi connectivity index (χ1v) is 3.30. The minimum atomic E-state index is -0.337. The van der Waals surface area contributed by atoms with Crippen LogP contribution in [0.15, 0.2) is 24.4 Å². The molecule has 0 spiro atoms. The fourth-order valence-corrected chi connectivity index (χ4v) is 0.422. The van der Waals surface area contributed by atoms with Crippen molar-refractivity contribution in [1.82, 2.24) is 5.32 Å². The maximum Gasteiger partial charge on any atom is 0.0684 e. The highest BCUT2D eigenvalue weighted by Crippen LogP contribution is 1.97. The molecular weight excluding hydrogens is 126 g/mol. The zero-order valence-electron chi connectivity index (χ0n) is 6.65. The van der Waals surface area contributed by atoms with Crippen LogP contribution in [0.5, 0.6) is 0 Å². The maximum atomic E-state index is 8.85. The Bertz CT molecular complexity index is 138. The van der Waals surface area contributed by atoms with Gasteiger partial charge in [0.25, 0.3) is 0 Å². The van der Waals surface area contributed by atoms with Crippen molar-refractivity contribution in [2.45, 2.75) is 20.0 Å². The normalized spacial score (nSPS) is 12.3. The first kappa shape index (κ1) is 9.24. The highest BCUT2D eigenvalue weighted by atomic mass is 16.3. The van der Waals surface area contributed by atoms with E-state index in [0.717, 1.165) is 11.3 Å². The van der Waals surface area contributed by atoms with Crippen LogP contribution in [0.4, 0.5) is 0 Å². The molecule has 0 fully saturated rings. The molecule has 0 amide bonds. The third kappa shape index (κ3) is 4.15. The van der Waals surface area contributed by atoms with Crippen LogP contribution >= 0.6 is 0 Å². The molecule has 1 atom stereocenters. The highest BCUT2D eigenvalue weighted by Gasteiger charge is 1.95. The smallest absolute Gasteiger partial charge is 0.0684 e. The summed E-state index contributed by atoms with van der Waals surface area (Å²) < 4.78 is 0. The summed E-state index contributed by atoms with van der Waals surface area (Å²) in [5.74, 6) is 0. The number of rotatable bonds is 4. The van der Waals surface area contributed by atoms with Crippen LogP contribution in [0.3, 0.4) is 0 Å². The molecule has 1 unspecified atom stereocenters. The Morgan fingerprint density at radius 3 is 2.40 bits per heavy atom. The zero-order valence-corrected chi connectivity index (χ0v) is 6.65. The van der Waals surface area contributed by atoms with Gasteiger partial charge in [-0.25, -0.2) is 0 Å². The second-order valence-electron chi connectivity index (χ2n) is 2.49. The van der Waals surface area contributed by atoms with E-state index in [9.17, 15) is 0 Å². The Labute approximate surface area is 62.3 Å². The largest absolute Gasteiger partial charge is 0.392 e. The molecule has 0 radical (unpaired) electrons. The van der Waals surface area contributed by atoms with E-state index in [1.54, 1.807) is 6.92 Å². The standard InChI is InChI=1S/C8H15NO/c1-6(2)8(4)9-5-7(3)10/h7,9-10H,1,4-5H2,2-3H3.